The smallest absolute Gasteiger partial charge is 0.160 e. The SMILES string of the molecule is c1ccc(-c2nc(-c3ccc(-c4cccc5c4nc(-c4ccccc4)c4cccc(-c6ccccc6)c45)cc3)cc(-c3ccc(-c4cccc5c4sc4ccccc45)cc3)n2)cc1. The van der Waals surface area contributed by atoms with Crippen LogP contribution in [0.5, 0.6) is 0 Å². The zero-order valence-corrected chi connectivity index (χ0v) is 34.9. The van der Waals surface area contributed by atoms with E-state index in [4.69, 9.17) is 15.0 Å². The molecule has 0 saturated carbocycles. The second kappa shape index (κ2) is 15.4. The van der Waals surface area contributed by atoms with E-state index < -0.39 is 0 Å². The number of hydrogen-bond acceptors (Lipinski definition) is 4. The third kappa shape index (κ3) is 6.56. The van der Waals surface area contributed by atoms with Crippen molar-refractivity contribution in [3.05, 3.63) is 224 Å². The monoisotopic (exact) mass is 819 g/mol. The molecule has 3 nitrogen and oxygen atoms in total. The molecule has 9 aromatic carbocycles. The summed E-state index contributed by atoms with van der Waals surface area (Å²) in [6.45, 7) is 0. The van der Waals surface area contributed by atoms with Gasteiger partial charge in [0.1, 0.15) is 0 Å². The highest BCUT2D eigenvalue weighted by atomic mass is 32.1. The molecule has 63 heavy (non-hydrogen) atoms. The Morgan fingerprint density at radius 1 is 0.302 bits per heavy atom. The van der Waals surface area contributed by atoms with E-state index in [2.05, 4.69) is 206 Å². The molecule has 0 spiro atoms. The predicted molar refractivity (Wildman–Crippen MR) is 266 cm³/mol. The molecule has 0 aliphatic carbocycles. The number of pyridine rings is 1. The van der Waals surface area contributed by atoms with E-state index in [1.807, 2.05) is 29.5 Å². The Labute approximate surface area is 369 Å². The van der Waals surface area contributed by atoms with E-state index in [0.717, 1.165) is 66.8 Å². The molecular formula is C59H37N3S. The summed E-state index contributed by atoms with van der Waals surface area (Å²) in [6.07, 6.45) is 0. The summed E-state index contributed by atoms with van der Waals surface area (Å²) in [7, 11) is 0. The summed E-state index contributed by atoms with van der Waals surface area (Å²) >= 11 is 1.86. The van der Waals surface area contributed by atoms with Crippen LogP contribution in [-0.4, -0.2) is 15.0 Å². The maximum absolute atomic E-state index is 5.49. The average molecular weight is 820 g/mol. The first-order valence-corrected chi connectivity index (χ1v) is 22.1. The molecule has 0 N–H and O–H groups in total. The summed E-state index contributed by atoms with van der Waals surface area (Å²) < 4.78 is 2.62. The molecule has 0 saturated heterocycles. The molecule has 0 atom stereocenters. The number of thiophene rings is 1. The molecular weight excluding hydrogens is 783 g/mol. The zero-order chi connectivity index (χ0) is 41.7. The van der Waals surface area contributed by atoms with Crippen molar-refractivity contribution in [2.75, 3.05) is 0 Å². The van der Waals surface area contributed by atoms with E-state index in [-0.39, 0.29) is 0 Å². The lowest BCUT2D eigenvalue weighted by molar-refractivity contribution is 1.18. The average Bonchev–Trinajstić information content (AvgIpc) is 3.76. The highest BCUT2D eigenvalue weighted by Gasteiger charge is 2.18. The Morgan fingerprint density at radius 3 is 1.44 bits per heavy atom. The van der Waals surface area contributed by atoms with E-state index in [1.165, 1.54) is 47.8 Å². The molecule has 0 amide bonds. The van der Waals surface area contributed by atoms with Gasteiger partial charge in [-0.05, 0) is 39.9 Å². The molecule has 4 heteroatoms. The van der Waals surface area contributed by atoms with Crippen LogP contribution >= 0.6 is 11.3 Å². The molecule has 0 unspecified atom stereocenters. The Bertz CT molecular complexity index is 3640. The maximum Gasteiger partial charge on any atom is 0.160 e. The van der Waals surface area contributed by atoms with Crippen molar-refractivity contribution < 1.29 is 0 Å². The summed E-state index contributed by atoms with van der Waals surface area (Å²) in [4.78, 5) is 15.8. The van der Waals surface area contributed by atoms with Gasteiger partial charge in [0.2, 0.25) is 0 Å². The number of para-hydroxylation sites is 1. The summed E-state index contributed by atoms with van der Waals surface area (Å²) in [5, 5.41) is 6.08. The number of benzene rings is 9. The number of hydrogen-bond donors (Lipinski definition) is 0. The van der Waals surface area contributed by atoms with Gasteiger partial charge in [0, 0.05) is 64.1 Å². The van der Waals surface area contributed by atoms with Gasteiger partial charge in [-0.25, -0.2) is 15.0 Å². The minimum absolute atomic E-state index is 0.694. The highest BCUT2D eigenvalue weighted by Crippen LogP contribution is 2.43. The molecule has 0 aliphatic rings. The Balaban J connectivity index is 0.958. The van der Waals surface area contributed by atoms with Crippen LogP contribution in [0.15, 0.2) is 224 Å². The third-order valence-corrected chi connectivity index (χ3v) is 13.3. The first-order valence-electron chi connectivity index (χ1n) is 21.3. The standard InChI is InChI=1S/C59H37N3S/c1-4-15-38(16-5-1)45-22-12-26-50-55(45)51-27-13-23-46(57(51)62-56(50)43-17-6-2-7-18-43)39-29-33-41(34-30-39)52-37-53(61-59(60-52)44-19-8-3-9-20-44)42-35-31-40(32-36-42)47-24-14-25-49-48-21-10-11-28-54(48)63-58(47)49/h1-37H. The summed E-state index contributed by atoms with van der Waals surface area (Å²) in [6, 6.07) is 79.6. The van der Waals surface area contributed by atoms with Crippen molar-refractivity contribution in [3.8, 4) is 78.5 Å². The van der Waals surface area contributed by atoms with Gasteiger partial charge in [-0.15, -0.1) is 11.3 Å². The lowest BCUT2D eigenvalue weighted by Gasteiger charge is -2.16. The van der Waals surface area contributed by atoms with Crippen molar-refractivity contribution >= 4 is 53.2 Å². The van der Waals surface area contributed by atoms with E-state index in [1.54, 1.807) is 0 Å². The first-order chi connectivity index (χ1) is 31.2. The van der Waals surface area contributed by atoms with Crippen molar-refractivity contribution in [2.24, 2.45) is 0 Å². The first kappa shape index (κ1) is 36.8. The molecule has 0 fully saturated rings. The van der Waals surface area contributed by atoms with Gasteiger partial charge < -0.3 is 0 Å². The van der Waals surface area contributed by atoms with Crippen molar-refractivity contribution in [2.45, 2.75) is 0 Å². The second-order valence-corrected chi connectivity index (χ2v) is 16.9. The largest absolute Gasteiger partial charge is 0.246 e. The zero-order valence-electron chi connectivity index (χ0n) is 34.1. The normalized spacial score (nSPS) is 11.5. The van der Waals surface area contributed by atoms with Gasteiger partial charge in [-0.3, -0.25) is 0 Å². The maximum atomic E-state index is 5.49. The predicted octanol–water partition coefficient (Wildman–Crippen LogP) is 16.2. The molecule has 0 aliphatic heterocycles. The Morgan fingerprint density at radius 2 is 0.778 bits per heavy atom. The van der Waals surface area contributed by atoms with E-state index in [0.29, 0.717) is 5.82 Å². The number of nitrogens with zero attached hydrogens (tertiary/aromatic N) is 3. The molecule has 0 radical (unpaired) electrons. The van der Waals surface area contributed by atoms with Crippen LogP contribution in [0.25, 0.3) is 120 Å². The van der Waals surface area contributed by atoms with Crippen LogP contribution < -0.4 is 0 Å². The molecule has 12 aromatic rings. The van der Waals surface area contributed by atoms with Gasteiger partial charge >= 0.3 is 0 Å². The fraction of sp³-hybridized carbons (Fsp3) is 0. The van der Waals surface area contributed by atoms with Gasteiger partial charge in [0.05, 0.1) is 22.6 Å². The van der Waals surface area contributed by atoms with Gasteiger partial charge in [-0.1, -0.05) is 212 Å². The number of fused-ring (bicyclic) bond motifs is 6. The molecule has 294 valence electrons. The second-order valence-electron chi connectivity index (χ2n) is 15.9. The molecule has 3 aromatic heterocycles. The lowest BCUT2D eigenvalue weighted by atomic mass is 9.91. The third-order valence-electron chi connectivity index (χ3n) is 12.1. The van der Waals surface area contributed by atoms with Crippen LogP contribution in [-0.2, 0) is 0 Å². The Hall–Kier alpha value is -8.05. The Kier molecular flexibility index (Phi) is 9.02. The molecule has 0 bridgehead atoms. The van der Waals surface area contributed by atoms with Crippen LogP contribution in [0.2, 0.25) is 0 Å². The van der Waals surface area contributed by atoms with Gasteiger partial charge in [0.15, 0.2) is 5.82 Å². The van der Waals surface area contributed by atoms with Crippen molar-refractivity contribution in [1.82, 2.24) is 15.0 Å². The summed E-state index contributed by atoms with van der Waals surface area (Å²) in [5.41, 5.74) is 14.8. The van der Waals surface area contributed by atoms with Gasteiger partial charge in [-0.2, -0.15) is 0 Å². The fourth-order valence-corrected chi connectivity index (χ4v) is 10.3. The lowest BCUT2D eigenvalue weighted by Crippen LogP contribution is -1.96. The van der Waals surface area contributed by atoms with Crippen LogP contribution in [0.1, 0.15) is 0 Å². The number of rotatable bonds is 7. The van der Waals surface area contributed by atoms with Gasteiger partial charge in [0.25, 0.3) is 0 Å². The fourth-order valence-electron chi connectivity index (χ4n) is 9.06. The van der Waals surface area contributed by atoms with Crippen LogP contribution in [0.4, 0.5) is 0 Å². The van der Waals surface area contributed by atoms with Crippen LogP contribution in [0.3, 0.4) is 0 Å². The number of aromatic nitrogens is 3. The summed E-state index contributed by atoms with van der Waals surface area (Å²) in [5.74, 6) is 0.694. The molecule has 12 rings (SSSR count). The van der Waals surface area contributed by atoms with Crippen molar-refractivity contribution in [1.29, 1.82) is 0 Å². The van der Waals surface area contributed by atoms with Crippen LogP contribution in [0, 0.1) is 0 Å². The topological polar surface area (TPSA) is 38.7 Å². The van der Waals surface area contributed by atoms with Crippen molar-refractivity contribution in [3.63, 3.8) is 0 Å². The highest BCUT2D eigenvalue weighted by molar-refractivity contribution is 7.26. The molecule has 3 heterocycles. The minimum atomic E-state index is 0.694. The quantitative estimate of drug-likeness (QED) is 0.150. The minimum Gasteiger partial charge on any atom is -0.246 e. The van der Waals surface area contributed by atoms with E-state index >= 15 is 0 Å². The van der Waals surface area contributed by atoms with E-state index in [9.17, 15) is 0 Å².